The highest BCUT2D eigenvalue weighted by atomic mass is 127. The molecule has 25 heavy (non-hydrogen) atoms. The van der Waals surface area contributed by atoms with Crippen LogP contribution in [0.25, 0.3) is 11.3 Å². The molecule has 0 saturated heterocycles. The topological polar surface area (TPSA) is 62.3 Å². The molecule has 1 aromatic carbocycles. The Labute approximate surface area is 166 Å². The van der Waals surface area contributed by atoms with Gasteiger partial charge in [0.1, 0.15) is 0 Å². The predicted octanol–water partition coefficient (Wildman–Crippen LogP) is 4.19. The van der Waals surface area contributed by atoms with Gasteiger partial charge in [-0.15, -0.1) is 22.7 Å². The molecule has 0 bridgehead atoms. The lowest BCUT2D eigenvalue weighted by molar-refractivity contribution is -0.116. The molecule has 8 heteroatoms. The van der Waals surface area contributed by atoms with Gasteiger partial charge in [-0.3, -0.25) is 9.59 Å². The van der Waals surface area contributed by atoms with Crippen molar-refractivity contribution in [3.8, 4) is 11.3 Å². The Morgan fingerprint density at radius 1 is 1.20 bits per heavy atom. The Kier molecular flexibility index (Phi) is 5.82. The number of carbonyl (C=O) groups is 2. The third kappa shape index (κ3) is 4.65. The molecule has 3 rings (SSSR count). The van der Waals surface area contributed by atoms with Gasteiger partial charge in [-0.05, 0) is 46.2 Å². The number of nitrogens with zero attached hydrogens (tertiary/aromatic N) is 2. The second kappa shape index (κ2) is 8.07. The largest absolute Gasteiger partial charge is 0.332 e. The number of carbonyl (C=O) groups excluding carboxylic acids is 2. The fourth-order valence-electron chi connectivity index (χ4n) is 2.12. The van der Waals surface area contributed by atoms with E-state index in [1.165, 1.54) is 27.6 Å². The van der Waals surface area contributed by atoms with E-state index in [-0.39, 0.29) is 18.4 Å². The summed E-state index contributed by atoms with van der Waals surface area (Å²) >= 11 is 4.97. The van der Waals surface area contributed by atoms with Crippen molar-refractivity contribution >= 4 is 62.2 Å². The molecule has 0 aliphatic heterocycles. The smallest absolute Gasteiger partial charge is 0.264 e. The molecule has 5 nitrogen and oxygen atoms in total. The molecule has 1 N–H and O–H groups in total. The van der Waals surface area contributed by atoms with Crippen LogP contribution in [0.3, 0.4) is 0 Å². The van der Waals surface area contributed by atoms with Crippen LogP contribution in [-0.4, -0.2) is 35.3 Å². The van der Waals surface area contributed by atoms with E-state index in [1.54, 1.807) is 13.1 Å². The first-order valence-corrected chi connectivity index (χ1v) is 10.2. The fraction of sp³-hybridized carbons (Fsp3) is 0.118. The number of nitrogens with one attached hydrogen (secondary N) is 1. The number of rotatable bonds is 5. The van der Waals surface area contributed by atoms with Crippen LogP contribution in [0.4, 0.5) is 5.13 Å². The van der Waals surface area contributed by atoms with Gasteiger partial charge in [-0.2, -0.15) is 0 Å². The highest BCUT2D eigenvalue weighted by Gasteiger charge is 2.16. The summed E-state index contributed by atoms with van der Waals surface area (Å²) in [6.45, 7) is -0.0187. The first kappa shape index (κ1) is 18.0. The molecular weight excluding hydrogens is 469 g/mol. The van der Waals surface area contributed by atoms with Crippen molar-refractivity contribution in [1.29, 1.82) is 0 Å². The summed E-state index contributed by atoms with van der Waals surface area (Å²) in [7, 11) is 1.61. The third-order valence-corrected chi connectivity index (χ3v) is 5.68. The first-order chi connectivity index (χ1) is 12.0. The summed E-state index contributed by atoms with van der Waals surface area (Å²) in [5.74, 6) is -0.431. The number of halogens is 1. The van der Waals surface area contributed by atoms with E-state index in [2.05, 4.69) is 32.9 Å². The molecule has 0 saturated carbocycles. The van der Waals surface area contributed by atoms with Crippen molar-refractivity contribution in [2.24, 2.45) is 0 Å². The molecule has 0 atom stereocenters. The summed E-state index contributed by atoms with van der Waals surface area (Å²) in [6.07, 6.45) is 0. The van der Waals surface area contributed by atoms with E-state index in [9.17, 15) is 9.59 Å². The Balaban J connectivity index is 1.60. The van der Waals surface area contributed by atoms with E-state index in [1.807, 2.05) is 41.1 Å². The lowest BCUT2D eigenvalue weighted by Crippen LogP contribution is -2.34. The van der Waals surface area contributed by atoms with Gasteiger partial charge in [0, 0.05) is 21.6 Å². The van der Waals surface area contributed by atoms with E-state index >= 15 is 0 Å². The lowest BCUT2D eigenvalue weighted by atomic mass is 10.2. The first-order valence-electron chi connectivity index (χ1n) is 7.33. The van der Waals surface area contributed by atoms with E-state index < -0.39 is 0 Å². The molecule has 0 fully saturated rings. The molecule has 0 unspecified atom stereocenters. The zero-order chi connectivity index (χ0) is 17.8. The number of hydrogen-bond donors (Lipinski definition) is 1. The summed E-state index contributed by atoms with van der Waals surface area (Å²) < 4.78 is 1.16. The number of likely N-dealkylation sites (N-methyl/N-ethyl adjacent to an activating group) is 1. The summed E-state index contributed by atoms with van der Waals surface area (Å²) in [5.41, 5.74) is 1.82. The molecule has 2 heterocycles. The summed E-state index contributed by atoms with van der Waals surface area (Å²) in [4.78, 5) is 30.8. The van der Waals surface area contributed by atoms with Crippen molar-refractivity contribution in [2.75, 3.05) is 18.9 Å². The number of benzene rings is 1. The molecule has 0 aliphatic carbocycles. The third-order valence-electron chi connectivity index (χ3n) is 3.35. The number of aromatic nitrogens is 1. The van der Waals surface area contributed by atoms with Crippen LogP contribution in [0.15, 0.2) is 47.2 Å². The minimum atomic E-state index is -0.268. The highest BCUT2D eigenvalue weighted by molar-refractivity contribution is 14.1. The van der Waals surface area contributed by atoms with Gasteiger partial charge in [0.25, 0.3) is 5.91 Å². The van der Waals surface area contributed by atoms with Gasteiger partial charge in [0.2, 0.25) is 5.91 Å². The van der Waals surface area contributed by atoms with Gasteiger partial charge in [-0.25, -0.2) is 4.98 Å². The zero-order valence-electron chi connectivity index (χ0n) is 13.2. The zero-order valence-corrected chi connectivity index (χ0v) is 17.0. The van der Waals surface area contributed by atoms with E-state index in [0.29, 0.717) is 10.0 Å². The van der Waals surface area contributed by atoms with Crippen LogP contribution in [0, 0.1) is 3.57 Å². The quantitative estimate of drug-likeness (QED) is 0.554. The molecule has 2 amide bonds. The number of anilines is 1. The van der Waals surface area contributed by atoms with Gasteiger partial charge < -0.3 is 10.2 Å². The lowest BCUT2D eigenvalue weighted by Gasteiger charge is -2.15. The number of hydrogen-bond acceptors (Lipinski definition) is 5. The number of amides is 2. The Morgan fingerprint density at radius 3 is 2.64 bits per heavy atom. The molecular formula is C17H14IN3O2S2. The SMILES string of the molecule is CN(CC(=O)Nc1nc(-c2ccc(I)cc2)cs1)C(=O)c1cccs1. The minimum absolute atomic E-state index is 0.0187. The van der Waals surface area contributed by atoms with Crippen LogP contribution >= 0.6 is 45.3 Å². The van der Waals surface area contributed by atoms with E-state index in [4.69, 9.17) is 0 Å². The summed E-state index contributed by atoms with van der Waals surface area (Å²) in [6, 6.07) is 11.6. The second-order valence-electron chi connectivity index (χ2n) is 5.23. The highest BCUT2D eigenvalue weighted by Crippen LogP contribution is 2.25. The van der Waals surface area contributed by atoms with Crippen molar-refractivity contribution < 1.29 is 9.59 Å². The normalized spacial score (nSPS) is 10.5. The minimum Gasteiger partial charge on any atom is -0.332 e. The van der Waals surface area contributed by atoms with Crippen LogP contribution in [0.1, 0.15) is 9.67 Å². The average Bonchev–Trinajstić information content (AvgIpc) is 3.26. The monoisotopic (exact) mass is 483 g/mol. The average molecular weight is 483 g/mol. The standard InChI is InChI=1S/C17H14IN3O2S2/c1-21(16(23)14-3-2-8-24-14)9-15(22)20-17-19-13(10-25-17)11-4-6-12(18)7-5-11/h2-8,10H,9H2,1H3,(H,19,20,22). The molecule has 2 aromatic heterocycles. The molecule has 0 spiro atoms. The maximum Gasteiger partial charge on any atom is 0.264 e. The maximum atomic E-state index is 12.2. The van der Waals surface area contributed by atoms with Crippen molar-refractivity contribution in [3.63, 3.8) is 0 Å². The van der Waals surface area contributed by atoms with Crippen LogP contribution in [0.5, 0.6) is 0 Å². The van der Waals surface area contributed by atoms with Gasteiger partial charge >= 0.3 is 0 Å². The second-order valence-corrected chi connectivity index (χ2v) is 8.28. The van der Waals surface area contributed by atoms with Crippen LogP contribution < -0.4 is 5.32 Å². The molecule has 3 aromatic rings. The van der Waals surface area contributed by atoms with Gasteiger partial charge in [0.05, 0.1) is 17.1 Å². The summed E-state index contributed by atoms with van der Waals surface area (Å²) in [5, 5.41) is 7.01. The Morgan fingerprint density at radius 2 is 1.96 bits per heavy atom. The van der Waals surface area contributed by atoms with Crippen LogP contribution in [-0.2, 0) is 4.79 Å². The maximum absolute atomic E-state index is 12.2. The van der Waals surface area contributed by atoms with Gasteiger partial charge in [0.15, 0.2) is 5.13 Å². The van der Waals surface area contributed by atoms with Crippen molar-refractivity contribution in [3.05, 3.63) is 55.6 Å². The molecule has 128 valence electrons. The predicted molar refractivity (Wildman–Crippen MR) is 110 cm³/mol. The van der Waals surface area contributed by atoms with Gasteiger partial charge in [-0.1, -0.05) is 18.2 Å². The molecule has 0 radical (unpaired) electrons. The molecule has 0 aliphatic rings. The van der Waals surface area contributed by atoms with Crippen LogP contribution in [0.2, 0.25) is 0 Å². The fourth-order valence-corrected chi connectivity index (χ4v) is 3.93. The van der Waals surface area contributed by atoms with Crippen molar-refractivity contribution in [2.45, 2.75) is 0 Å². The Hall–Kier alpha value is -1.78. The van der Waals surface area contributed by atoms with E-state index in [0.717, 1.165) is 14.8 Å². The number of thiazole rings is 1. The van der Waals surface area contributed by atoms with Crippen molar-refractivity contribution in [1.82, 2.24) is 9.88 Å². The Bertz CT molecular complexity index is 876. The number of thiophene rings is 1.